The van der Waals surface area contributed by atoms with Crippen molar-refractivity contribution in [1.82, 2.24) is 9.97 Å². The van der Waals surface area contributed by atoms with Gasteiger partial charge in [-0.3, -0.25) is 10.1 Å². The van der Waals surface area contributed by atoms with E-state index in [-0.39, 0.29) is 17.3 Å². The van der Waals surface area contributed by atoms with Crippen molar-refractivity contribution in [2.45, 2.75) is 13.8 Å². The molecule has 0 aliphatic heterocycles. The highest BCUT2D eigenvalue weighted by Gasteiger charge is 2.19. The Kier molecular flexibility index (Phi) is 4.69. The van der Waals surface area contributed by atoms with Gasteiger partial charge in [-0.15, -0.1) is 0 Å². The summed E-state index contributed by atoms with van der Waals surface area (Å²) in [6.07, 6.45) is 0. The number of halogens is 1. The fourth-order valence-electron chi connectivity index (χ4n) is 1.71. The Balaban J connectivity index is 2.40. The molecule has 0 radical (unpaired) electrons. The van der Waals surface area contributed by atoms with E-state index in [1.165, 1.54) is 6.07 Å². The Morgan fingerprint density at radius 3 is 2.86 bits per heavy atom. The first-order chi connectivity index (χ1) is 10.0. The zero-order valence-corrected chi connectivity index (χ0v) is 13.0. The number of ether oxygens (including phenoxy) is 1. The maximum atomic E-state index is 11.1. The van der Waals surface area contributed by atoms with E-state index in [4.69, 9.17) is 4.74 Å². The van der Waals surface area contributed by atoms with Crippen LogP contribution in [-0.2, 0) is 0 Å². The van der Waals surface area contributed by atoms with Gasteiger partial charge in [0.05, 0.1) is 9.40 Å². The minimum Gasteiger partial charge on any atom is -0.430 e. The monoisotopic (exact) mass is 352 g/mol. The molecule has 0 saturated carbocycles. The lowest BCUT2D eigenvalue weighted by molar-refractivity contribution is -0.385. The molecule has 0 unspecified atom stereocenters. The van der Waals surface area contributed by atoms with Crippen LogP contribution < -0.4 is 10.1 Å². The van der Waals surface area contributed by atoms with Gasteiger partial charge in [0.25, 0.3) is 0 Å². The summed E-state index contributed by atoms with van der Waals surface area (Å²) in [5.41, 5.74) is -0.134. The Morgan fingerprint density at radius 1 is 1.43 bits per heavy atom. The highest BCUT2D eigenvalue weighted by atomic mass is 79.9. The van der Waals surface area contributed by atoms with E-state index in [1.807, 2.05) is 6.92 Å². The molecule has 0 amide bonds. The number of aryl methyl sites for hydroxylation is 1. The molecule has 21 heavy (non-hydrogen) atoms. The Labute approximate surface area is 129 Å². The number of nitro groups is 1. The second kappa shape index (κ2) is 6.49. The van der Waals surface area contributed by atoms with Crippen molar-refractivity contribution < 1.29 is 9.66 Å². The van der Waals surface area contributed by atoms with E-state index in [1.54, 1.807) is 25.1 Å². The molecule has 2 rings (SSSR count). The molecule has 0 bridgehead atoms. The van der Waals surface area contributed by atoms with E-state index < -0.39 is 4.92 Å². The Morgan fingerprint density at radius 2 is 2.19 bits per heavy atom. The molecule has 2 aromatic rings. The number of hydrogen-bond donors (Lipinski definition) is 1. The van der Waals surface area contributed by atoms with Crippen LogP contribution >= 0.6 is 15.9 Å². The predicted molar refractivity (Wildman–Crippen MR) is 81.8 cm³/mol. The highest BCUT2D eigenvalue weighted by Crippen LogP contribution is 2.37. The number of aromatic nitrogens is 2. The first-order valence-electron chi connectivity index (χ1n) is 6.21. The summed E-state index contributed by atoms with van der Waals surface area (Å²) >= 11 is 3.25. The first-order valence-corrected chi connectivity index (χ1v) is 7.01. The number of anilines is 1. The predicted octanol–water partition coefficient (Wildman–Crippen LogP) is 3.68. The average molecular weight is 353 g/mol. The van der Waals surface area contributed by atoms with Crippen molar-refractivity contribution >= 4 is 27.4 Å². The van der Waals surface area contributed by atoms with Gasteiger partial charge in [0, 0.05) is 18.7 Å². The van der Waals surface area contributed by atoms with Crippen molar-refractivity contribution in [1.29, 1.82) is 0 Å². The van der Waals surface area contributed by atoms with Crippen molar-refractivity contribution in [3.05, 3.63) is 44.7 Å². The van der Waals surface area contributed by atoms with Gasteiger partial charge in [0.2, 0.25) is 11.6 Å². The van der Waals surface area contributed by atoms with Crippen LogP contribution in [0.1, 0.15) is 12.7 Å². The van der Waals surface area contributed by atoms with Gasteiger partial charge in [0.1, 0.15) is 11.6 Å². The second-order valence-electron chi connectivity index (χ2n) is 4.12. The fourth-order valence-corrected chi connectivity index (χ4v) is 2.15. The summed E-state index contributed by atoms with van der Waals surface area (Å²) in [5, 5.41) is 14.1. The number of nitrogens with zero attached hydrogens (tertiary/aromatic N) is 3. The maximum Gasteiger partial charge on any atom is 0.312 e. The van der Waals surface area contributed by atoms with Crippen molar-refractivity contribution in [3.8, 4) is 11.6 Å². The van der Waals surface area contributed by atoms with Crippen molar-refractivity contribution in [3.63, 3.8) is 0 Å². The van der Waals surface area contributed by atoms with Crippen LogP contribution in [0.4, 0.5) is 11.5 Å². The van der Waals surface area contributed by atoms with Crippen LogP contribution in [0.3, 0.4) is 0 Å². The number of benzene rings is 1. The van der Waals surface area contributed by atoms with E-state index in [9.17, 15) is 10.1 Å². The van der Waals surface area contributed by atoms with Crippen LogP contribution in [-0.4, -0.2) is 21.4 Å². The lowest BCUT2D eigenvalue weighted by Gasteiger charge is -2.09. The maximum absolute atomic E-state index is 11.1. The molecule has 0 aliphatic rings. The van der Waals surface area contributed by atoms with Gasteiger partial charge in [0.15, 0.2) is 0 Å². The van der Waals surface area contributed by atoms with Crippen LogP contribution in [0.5, 0.6) is 11.6 Å². The molecule has 1 aromatic heterocycles. The summed E-state index contributed by atoms with van der Waals surface area (Å²) in [7, 11) is 0. The SMILES string of the molecule is CCNc1cc(Oc2c(Br)cccc2[N+](=O)[O-])nc(C)n1. The van der Waals surface area contributed by atoms with Crippen molar-refractivity contribution in [2.75, 3.05) is 11.9 Å². The van der Waals surface area contributed by atoms with Crippen LogP contribution in [0.2, 0.25) is 0 Å². The number of para-hydroxylation sites is 1. The van der Waals surface area contributed by atoms with E-state index in [2.05, 4.69) is 31.2 Å². The lowest BCUT2D eigenvalue weighted by Crippen LogP contribution is -2.03. The van der Waals surface area contributed by atoms with E-state index >= 15 is 0 Å². The molecule has 1 N–H and O–H groups in total. The molecule has 0 saturated heterocycles. The minimum atomic E-state index is -0.501. The molecule has 0 fully saturated rings. The van der Waals surface area contributed by atoms with Crippen LogP contribution in [0.15, 0.2) is 28.7 Å². The second-order valence-corrected chi connectivity index (χ2v) is 4.97. The van der Waals surface area contributed by atoms with Gasteiger partial charge in [-0.2, -0.15) is 4.98 Å². The van der Waals surface area contributed by atoms with E-state index in [0.29, 0.717) is 22.7 Å². The van der Waals surface area contributed by atoms with Gasteiger partial charge >= 0.3 is 5.69 Å². The Bertz CT molecular complexity index is 678. The molecule has 0 atom stereocenters. The summed E-state index contributed by atoms with van der Waals surface area (Å²) in [6, 6.07) is 6.21. The molecular weight excluding hydrogens is 340 g/mol. The van der Waals surface area contributed by atoms with Gasteiger partial charge in [-0.25, -0.2) is 4.98 Å². The number of hydrogen-bond acceptors (Lipinski definition) is 6. The number of nitrogens with one attached hydrogen (secondary N) is 1. The fraction of sp³-hybridized carbons (Fsp3) is 0.231. The minimum absolute atomic E-state index is 0.114. The standard InChI is InChI=1S/C13H13BrN4O3/c1-3-15-11-7-12(17-8(2)16-11)21-13-9(14)5-4-6-10(13)18(19)20/h4-7H,3H2,1-2H3,(H,15,16,17). The summed E-state index contributed by atoms with van der Waals surface area (Å²) in [5.74, 6) is 1.48. The molecule has 0 spiro atoms. The first kappa shape index (κ1) is 15.2. The van der Waals surface area contributed by atoms with Gasteiger partial charge in [-0.05, 0) is 35.8 Å². The third kappa shape index (κ3) is 3.66. The number of nitro benzene ring substituents is 1. The summed E-state index contributed by atoms with van der Waals surface area (Å²) < 4.78 is 6.07. The molecular formula is C13H13BrN4O3. The molecule has 110 valence electrons. The van der Waals surface area contributed by atoms with E-state index in [0.717, 1.165) is 0 Å². The lowest BCUT2D eigenvalue weighted by atomic mass is 10.3. The largest absolute Gasteiger partial charge is 0.430 e. The molecule has 7 nitrogen and oxygen atoms in total. The summed E-state index contributed by atoms with van der Waals surface area (Å²) in [4.78, 5) is 18.9. The quantitative estimate of drug-likeness (QED) is 0.651. The third-order valence-electron chi connectivity index (χ3n) is 2.52. The van der Waals surface area contributed by atoms with Crippen LogP contribution in [0, 0.1) is 17.0 Å². The van der Waals surface area contributed by atoms with Gasteiger partial charge < -0.3 is 10.1 Å². The Hall–Kier alpha value is -2.22. The molecule has 1 aromatic carbocycles. The zero-order chi connectivity index (χ0) is 15.4. The topological polar surface area (TPSA) is 90.2 Å². The zero-order valence-electron chi connectivity index (χ0n) is 11.5. The van der Waals surface area contributed by atoms with Crippen molar-refractivity contribution in [2.24, 2.45) is 0 Å². The highest BCUT2D eigenvalue weighted by molar-refractivity contribution is 9.10. The normalized spacial score (nSPS) is 10.2. The smallest absolute Gasteiger partial charge is 0.312 e. The van der Waals surface area contributed by atoms with Gasteiger partial charge in [-0.1, -0.05) is 6.07 Å². The molecule has 0 aliphatic carbocycles. The molecule has 1 heterocycles. The third-order valence-corrected chi connectivity index (χ3v) is 3.15. The molecule has 8 heteroatoms. The summed E-state index contributed by atoms with van der Waals surface area (Å²) in [6.45, 7) is 4.36. The number of rotatable bonds is 5. The average Bonchev–Trinajstić information content (AvgIpc) is 2.40. The van der Waals surface area contributed by atoms with Crippen LogP contribution in [0.25, 0.3) is 0 Å².